The maximum Gasteiger partial charge on any atom is 0.257 e. The highest BCUT2D eigenvalue weighted by Crippen LogP contribution is 2.51. The molecule has 1 saturated carbocycles. The van der Waals surface area contributed by atoms with Crippen LogP contribution in [0, 0.1) is 29.1 Å². The van der Waals surface area contributed by atoms with E-state index < -0.39 is 4.59 Å². The minimum atomic E-state index is -2.20. The van der Waals surface area contributed by atoms with Crippen LogP contribution in [0.25, 0.3) is 0 Å². The molecule has 2 nitrogen and oxygen atoms in total. The molecule has 3 atom stereocenters. The summed E-state index contributed by atoms with van der Waals surface area (Å²) in [5.41, 5.74) is -0.239. The lowest BCUT2D eigenvalue weighted by Gasteiger charge is -2.49. The molecule has 1 aliphatic rings. The molecule has 25 heavy (non-hydrogen) atoms. The Bertz CT molecular complexity index is 363. The van der Waals surface area contributed by atoms with E-state index in [4.69, 9.17) is 32.7 Å². The van der Waals surface area contributed by atoms with Crippen LogP contribution in [0.3, 0.4) is 0 Å². The topological polar surface area (TPSA) is 18.5 Å². The van der Waals surface area contributed by atoms with Crippen LogP contribution in [0.15, 0.2) is 0 Å². The van der Waals surface area contributed by atoms with Crippen LogP contribution in [-0.2, 0) is 9.47 Å². The zero-order valence-corrected chi connectivity index (χ0v) is 18.1. The smallest absolute Gasteiger partial charge is 0.257 e. The van der Waals surface area contributed by atoms with Crippen molar-refractivity contribution in [2.75, 3.05) is 26.4 Å². The molecule has 0 aromatic rings. The summed E-state index contributed by atoms with van der Waals surface area (Å²) < 4.78 is 23.5. The predicted octanol–water partition coefficient (Wildman–Crippen LogP) is 6.64. The van der Waals surface area contributed by atoms with Gasteiger partial charge >= 0.3 is 0 Å². The van der Waals surface area contributed by atoms with Crippen molar-refractivity contribution in [3.8, 4) is 0 Å². The number of rotatable bonds is 11. The highest BCUT2D eigenvalue weighted by molar-refractivity contribution is 6.47. The first-order valence-corrected chi connectivity index (χ1v) is 10.6. The van der Waals surface area contributed by atoms with Gasteiger partial charge in [-0.1, -0.05) is 50.4 Å². The van der Waals surface area contributed by atoms with E-state index in [2.05, 4.69) is 20.8 Å². The van der Waals surface area contributed by atoms with Gasteiger partial charge in [0.15, 0.2) is 0 Å². The maximum atomic E-state index is 13.9. The average Bonchev–Trinajstić information content (AvgIpc) is 2.53. The molecule has 0 bridgehead atoms. The standard InChI is InChI=1S/C20H37Cl2FO2/c1-6-24-13-19(14-25-7-2,10-11-20(21,22)23)18-12-16(5)8-9-17(18)15(3)4/h15-18H,6-14H2,1-5H3. The predicted molar refractivity (Wildman–Crippen MR) is 105 cm³/mol. The van der Waals surface area contributed by atoms with E-state index in [0.29, 0.717) is 56.5 Å². The molecule has 1 fully saturated rings. The molecule has 1 rings (SSSR count). The quantitative estimate of drug-likeness (QED) is 0.363. The van der Waals surface area contributed by atoms with Gasteiger partial charge in [-0.3, -0.25) is 0 Å². The van der Waals surface area contributed by atoms with Crippen LogP contribution in [0.5, 0.6) is 0 Å². The van der Waals surface area contributed by atoms with Crippen molar-refractivity contribution in [2.45, 2.75) is 71.3 Å². The van der Waals surface area contributed by atoms with E-state index in [0.717, 1.165) is 6.42 Å². The van der Waals surface area contributed by atoms with E-state index in [-0.39, 0.29) is 11.8 Å². The van der Waals surface area contributed by atoms with Crippen LogP contribution >= 0.6 is 23.2 Å². The normalized spacial score (nSPS) is 25.6. The second-order valence-electron chi connectivity index (χ2n) is 8.18. The zero-order chi connectivity index (χ0) is 19.1. The number of hydrogen-bond donors (Lipinski definition) is 0. The van der Waals surface area contributed by atoms with Crippen molar-refractivity contribution in [2.24, 2.45) is 29.1 Å². The van der Waals surface area contributed by atoms with Crippen molar-refractivity contribution in [1.29, 1.82) is 0 Å². The van der Waals surface area contributed by atoms with Crippen LogP contribution < -0.4 is 0 Å². The van der Waals surface area contributed by atoms with Crippen LogP contribution in [0.1, 0.15) is 66.7 Å². The second kappa shape index (κ2) is 10.7. The fourth-order valence-electron chi connectivity index (χ4n) is 4.49. The third kappa shape index (κ3) is 7.52. The van der Waals surface area contributed by atoms with Gasteiger partial charge in [-0.25, -0.2) is 4.39 Å². The van der Waals surface area contributed by atoms with Crippen LogP contribution in [0.4, 0.5) is 4.39 Å². The summed E-state index contributed by atoms with van der Waals surface area (Å²) in [4.78, 5) is 0. The number of alkyl halides is 3. The van der Waals surface area contributed by atoms with Crippen molar-refractivity contribution >= 4 is 23.2 Å². The summed E-state index contributed by atoms with van der Waals surface area (Å²) in [6.07, 6.45) is 4.29. The second-order valence-corrected chi connectivity index (χ2v) is 9.58. The van der Waals surface area contributed by atoms with Crippen molar-refractivity contribution in [3.63, 3.8) is 0 Å². The van der Waals surface area contributed by atoms with Gasteiger partial charge in [-0.15, -0.1) is 0 Å². The average molecular weight is 399 g/mol. The SMILES string of the molecule is CCOCC(CCC(F)(Cl)Cl)(COCC)C1CC(C)CCC1C(C)C. The van der Waals surface area contributed by atoms with Gasteiger partial charge in [0, 0.05) is 25.0 Å². The highest BCUT2D eigenvalue weighted by Gasteiger charge is 2.47. The first-order chi connectivity index (χ1) is 11.6. The summed E-state index contributed by atoms with van der Waals surface area (Å²) in [5, 5.41) is 0. The van der Waals surface area contributed by atoms with Crippen molar-refractivity contribution in [3.05, 3.63) is 0 Å². The van der Waals surface area contributed by atoms with E-state index in [1.807, 2.05) is 13.8 Å². The van der Waals surface area contributed by atoms with Gasteiger partial charge in [-0.05, 0) is 56.8 Å². The summed E-state index contributed by atoms with van der Waals surface area (Å²) in [6.45, 7) is 13.3. The first-order valence-electron chi connectivity index (χ1n) is 9.87. The number of halogens is 3. The summed E-state index contributed by atoms with van der Waals surface area (Å²) >= 11 is 11.4. The Labute approximate surface area is 164 Å². The maximum absolute atomic E-state index is 13.9. The fraction of sp³-hybridized carbons (Fsp3) is 1.00. The molecule has 1 aliphatic carbocycles. The fourth-order valence-corrected chi connectivity index (χ4v) is 4.68. The Morgan fingerprint density at radius 1 is 1.04 bits per heavy atom. The molecule has 0 heterocycles. The third-order valence-corrected chi connectivity index (χ3v) is 6.28. The third-order valence-electron chi connectivity index (χ3n) is 5.90. The van der Waals surface area contributed by atoms with Gasteiger partial charge in [0.2, 0.25) is 0 Å². The Morgan fingerprint density at radius 2 is 1.60 bits per heavy atom. The van der Waals surface area contributed by atoms with Crippen LogP contribution in [-0.4, -0.2) is 31.0 Å². The molecular formula is C20H37Cl2FO2. The lowest BCUT2D eigenvalue weighted by atomic mass is 9.58. The summed E-state index contributed by atoms with van der Waals surface area (Å²) in [5.74, 6) is 2.29. The molecule has 0 aliphatic heterocycles. The highest BCUT2D eigenvalue weighted by atomic mass is 35.5. The molecule has 0 aromatic carbocycles. The molecule has 3 unspecified atom stereocenters. The van der Waals surface area contributed by atoms with Crippen molar-refractivity contribution in [1.82, 2.24) is 0 Å². The van der Waals surface area contributed by atoms with E-state index in [1.54, 1.807) is 0 Å². The van der Waals surface area contributed by atoms with E-state index >= 15 is 0 Å². The molecule has 0 spiro atoms. The number of hydrogen-bond acceptors (Lipinski definition) is 2. The minimum absolute atomic E-state index is 0.103. The van der Waals surface area contributed by atoms with Crippen LogP contribution in [0.2, 0.25) is 0 Å². The Hall–Kier alpha value is 0.430. The largest absolute Gasteiger partial charge is 0.381 e. The monoisotopic (exact) mass is 398 g/mol. The van der Waals surface area contributed by atoms with Gasteiger partial charge in [-0.2, -0.15) is 0 Å². The molecule has 150 valence electrons. The van der Waals surface area contributed by atoms with Gasteiger partial charge in [0.25, 0.3) is 4.59 Å². The molecule has 0 radical (unpaired) electrons. The summed E-state index contributed by atoms with van der Waals surface area (Å²) in [6, 6.07) is 0. The van der Waals surface area contributed by atoms with Gasteiger partial charge in [0.1, 0.15) is 0 Å². The van der Waals surface area contributed by atoms with Crippen molar-refractivity contribution < 1.29 is 13.9 Å². The molecule has 0 N–H and O–H groups in total. The molecular weight excluding hydrogens is 362 g/mol. The van der Waals surface area contributed by atoms with Gasteiger partial charge in [0.05, 0.1) is 13.2 Å². The lowest BCUT2D eigenvalue weighted by molar-refractivity contribution is -0.0961. The van der Waals surface area contributed by atoms with E-state index in [1.165, 1.54) is 12.8 Å². The Balaban J connectivity index is 3.16. The summed E-state index contributed by atoms with van der Waals surface area (Å²) in [7, 11) is 0. The Morgan fingerprint density at radius 3 is 2.04 bits per heavy atom. The van der Waals surface area contributed by atoms with E-state index in [9.17, 15) is 4.39 Å². The first kappa shape index (κ1) is 23.5. The lowest BCUT2D eigenvalue weighted by Crippen LogP contribution is -2.47. The molecule has 0 amide bonds. The minimum Gasteiger partial charge on any atom is -0.381 e. The zero-order valence-electron chi connectivity index (χ0n) is 16.6. The Kier molecular flexibility index (Phi) is 10.0. The molecule has 5 heteroatoms. The molecule has 0 aromatic heterocycles. The van der Waals surface area contributed by atoms with Gasteiger partial charge < -0.3 is 9.47 Å². The number of ether oxygens (including phenoxy) is 2. The molecule has 0 saturated heterocycles.